The Hall–Kier alpha value is -2.56. The molecule has 0 radical (unpaired) electrons. The van der Waals surface area contributed by atoms with Gasteiger partial charge in [0, 0.05) is 31.4 Å². The Morgan fingerprint density at radius 1 is 1.21 bits per heavy atom. The first-order chi connectivity index (χ1) is 11.8. The molecule has 1 atom stereocenters. The van der Waals surface area contributed by atoms with Gasteiger partial charge in [0.25, 0.3) is 0 Å². The van der Waals surface area contributed by atoms with Crippen LogP contribution in [0.25, 0.3) is 0 Å². The molecular weight excluding hydrogens is 302 g/mol. The Morgan fingerprint density at radius 3 is 2.83 bits per heavy atom. The lowest BCUT2D eigenvalue weighted by molar-refractivity contribution is 0.187. The van der Waals surface area contributed by atoms with Gasteiger partial charge >= 0.3 is 6.03 Å². The van der Waals surface area contributed by atoms with Gasteiger partial charge in [0.15, 0.2) is 0 Å². The zero-order valence-corrected chi connectivity index (χ0v) is 13.7. The van der Waals surface area contributed by atoms with Gasteiger partial charge in [0.05, 0.1) is 6.54 Å². The standard InChI is InChI=1S/C19H23N3O2/c23-19(21-13-6-8-16-7-4-5-12-20-16)22-14-11-18(15-22)24-17-9-2-1-3-10-17/h1-5,7,9-10,12,18H,6,8,11,13-15H2,(H,21,23)/t18-/m1/s1. The highest BCUT2D eigenvalue weighted by atomic mass is 16.5. The number of para-hydroxylation sites is 1. The summed E-state index contributed by atoms with van der Waals surface area (Å²) in [5.74, 6) is 0.861. The Bertz CT molecular complexity index is 634. The molecule has 24 heavy (non-hydrogen) atoms. The molecule has 2 amide bonds. The van der Waals surface area contributed by atoms with Gasteiger partial charge in [-0.25, -0.2) is 4.79 Å². The van der Waals surface area contributed by atoms with Gasteiger partial charge in [-0.05, 0) is 37.1 Å². The van der Waals surface area contributed by atoms with Crippen molar-refractivity contribution in [2.24, 2.45) is 0 Å². The molecule has 3 rings (SSSR count). The molecule has 2 aromatic rings. The Kier molecular flexibility index (Phi) is 5.66. The van der Waals surface area contributed by atoms with Crippen molar-refractivity contribution in [3.05, 3.63) is 60.4 Å². The fourth-order valence-corrected chi connectivity index (χ4v) is 2.82. The summed E-state index contributed by atoms with van der Waals surface area (Å²) >= 11 is 0. The molecule has 1 aliphatic heterocycles. The molecule has 1 aromatic carbocycles. The first-order valence-electron chi connectivity index (χ1n) is 8.45. The van der Waals surface area contributed by atoms with Crippen molar-refractivity contribution in [3.63, 3.8) is 0 Å². The topological polar surface area (TPSA) is 54.5 Å². The Morgan fingerprint density at radius 2 is 2.04 bits per heavy atom. The number of amides is 2. The highest BCUT2D eigenvalue weighted by Gasteiger charge is 2.27. The van der Waals surface area contributed by atoms with Crippen LogP contribution in [-0.4, -0.2) is 41.7 Å². The van der Waals surface area contributed by atoms with Crippen LogP contribution in [0, 0.1) is 0 Å². The summed E-state index contributed by atoms with van der Waals surface area (Å²) in [7, 11) is 0. The largest absolute Gasteiger partial charge is 0.489 e. The Labute approximate surface area is 142 Å². The number of carbonyl (C=O) groups excluding carboxylic acids is 1. The number of pyridine rings is 1. The van der Waals surface area contributed by atoms with E-state index in [2.05, 4.69) is 10.3 Å². The fourth-order valence-electron chi connectivity index (χ4n) is 2.82. The second-order valence-corrected chi connectivity index (χ2v) is 5.94. The van der Waals surface area contributed by atoms with Crippen molar-refractivity contribution in [1.29, 1.82) is 0 Å². The normalized spacial score (nSPS) is 16.8. The Balaban J connectivity index is 1.35. The molecule has 2 heterocycles. The van der Waals surface area contributed by atoms with Crippen molar-refractivity contribution in [3.8, 4) is 5.75 Å². The molecule has 0 bridgehead atoms. The predicted molar refractivity (Wildman–Crippen MR) is 93.0 cm³/mol. The van der Waals surface area contributed by atoms with E-state index in [1.807, 2.05) is 53.4 Å². The third kappa shape index (κ3) is 4.72. The van der Waals surface area contributed by atoms with E-state index in [0.29, 0.717) is 13.1 Å². The number of aryl methyl sites for hydroxylation is 1. The van der Waals surface area contributed by atoms with Crippen molar-refractivity contribution >= 4 is 6.03 Å². The molecule has 1 aliphatic rings. The summed E-state index contributed by atoms with van der Waals surface area (Å²) in [6.45, 7) is 2.04. The van der Waals surface area contributed by atoms with Crippen LogP contribution in [0.5, 0.6) is 5.75 Å². The SMILES string of the molecule is O=C(NCCCc1ccccn1)N1CC[C@@H](Oc2ccccc2)C1. The molecule has 0 saturated carbocycles. The number of benzene rings is 1. The first-order valence-corrected chi connectivity index (χ1v) is 8.45. The highest BCUT2D eigenvalue weighted by Crippen LogP contribution is 2.17. The third-order valence-corrected chi connectivity index (χ3v) is 4.09. The molecule has 5 heteroatoms. The quantitative estimate of drug-likeness (QED) is 0.831. The number of nitrogens with one attached hydrogen (secondary N) is 1. The average Bonchev–Trinajstić information content (AvgIpc) is 3.09. The minimum Gasteiger partial charge on any atom is -0.489 e. The minimum atomic E-state index is -0.00446. The summed E-state index contributed by atoms with van der Waals surface area (Å²) in [6.07, 6.45) is 4.51. The summed E-state index contributed by atoms with van der Waals surface area (Å²) in [6, 6.07) is 15.7. The number of rotatable bonds is 6. The second kappa shape index (κ2) is 8.34. The molecule has 0 spiro atoms. The second-order valence-electron chi connectivity index (χ2n) is 5.94. The molecular formula is C19H23N3O2. The zero-order valence-electron chi connectivity index (χ0n) is 13.7. The van der Waals surface area contributed by atoms with Gasteiger partial charge in [0.1, 0.15) is 11.9 Å². The molecule has 1 N–H and O–H groups in total. The molecule has 126 valence electrons. The third-order valence-electron chi connectivity index (χ3n) is 4.09. The smallest absolute Gasteiger partial charge is 0.317 e. The van der Waals surface area contributed by atoms with E-state index in [9.17, 15) is 4.79 Å². The van der Waals surface area contributed by atoms with Gasteiger partial charge in [-0.1, -0.05) is 24.3 Å². The van der Waals surface area contributed by atoms with Crippen LogP contribution in [0.1, 0.15) is 18.5 Å². The number of hydrogen-bond acceptors (Lipinski definition) is 3. The summed E-state index contributed by atoms with van der Waals surface area (Å²) in [4.78, 5) is 18.3. The number of nitrogens with zero attached hydrogens (tertiary/aromatic N) is 2. The molecule has 1 aromatic heterocycles. The maximum Gasteiger partial charge on any atom is 0.317 e. The van der Waals surface area contributed by atoms with Crippen molar-refractivity contribution in [2.45, 2.75) is 25.4 Å². The van der Waals surface area contributed by atoms with Crippen molar-refractivity contribution in [1.82, 2.24) is 15.2 Å². The molecule has 1 fully saturated rings. The van der Waals surface area contributed by atoms with Gasteiger partial charge in [-0.15, -0.1) is 0 Å². The van der Waals surface area contributed by atoms with Crippen LogP contribution in [-0.2, 0) is 6.42 Å². The number of carbonyl (C=O) groups is 1. The number of likely N-dealkylation sites (tertiary alicyclic amines) is 1. The first kappa shape index (κ1) is 16.3. The summed E-state index contributed by atoms with van der Waals surface area (Å²) in [5, 5.41) is 2.98. The molecule has 0 unspecified atom stereocenters. The lowest BCUT2D eigenvalue weighted by Crippen LogP contribution is -2.39. The van der Waals surface area contributed by atoms with Gasteiger partial charge in [0.2, 0.25) is 0 Å². The van der Waals surface area contributed by atoms with Crippen LogP contribution in [0.15, 0.2) is 54.7 Å². The van der Waals surface area contributed by atoms with Crippen molar-refractivity contribution in [2.75, 3.05) is 19.6 Å². The maximum atomic E-state index is 12.2. The van der Waals surface area contributed by atoms with E-state index in [-0.39, 0.29) is 12.1 Å². The van der Waals surface area contributed by atoms with Crippen LogP contribution in [0.3, 0.4) is 0 Å². The average molecular weight is 325 g/mol. The van der Waals surface area contributed by atoms with E-state index in [4.69, 9.17) is 4.74 Å². The zero-order chi connectivity index (χ0) is 16.6. The van der Waals surface area contributed by atoms with E-state index < -0.39 is 0 Å². The lowest BCUT2D eigenvalue weighted by atomic mass is 10.2. The van der Waals surface area contributed by atoms with Crippen LogP contribution < -0.4 is 10.1 Å². The maximum absolute atomic E-state index is 12.2. The number of ether oxygens (including phenoxy) is 1. The molecule has 1 saturated heterocycles. The molecule has 5 nitrogen and oxygen atoms in total. The summed E-state index contributed by atoms with van der Waals surface area (Å²) < 4.78 is 5.91. The fraction of sp³-hybridized carbons (Fsp3) is 0.368. The lowest BCUT2D eigenvalue weighted by Gasteiger charge is -2.18. The van der Waals surface area contributed by atoms with Gasteiger partial charge in [-0.2, -0.15) is 0 Å². The van der Waals surface area contributed by atoms with E-state index in [0.717, 1.165) is 37.3 Å². The van der Waals surface area contributed by atoms with Crippen LogP contribution in [0.2, 0.25) is 0 Å². The van der Waals surface area contributed by atoms with E-state index in [1.165, 1.54) is 0 Å². The van der Waals surface area contributed by atoms with E-state index >= 15 is 0 Å². The summed E-state index contributed by atoms with van der Waals surface area (Å²) in [5.41, 5.74) is 1.06. The predicted octanol–water partition coefficient (Wildman–Crippen LogP) is 2.88. The number of aromatic nitrogens is 1. The minimum absolute atomic E-state index is 0.00446. The number of urea groups is 1. The van der Waals surface area contributed by atoms with Gasteiger partial charge < -0.3 is 15.0 Å². The van der Waals surface area contributed by atoms with Crippen molar-refractivity contribution < 1.29 is 9.53 Å². The van der Waals surface area contributed by atoms with Crippen LogP contribution in [0.4, 0.5) is 4.79 Å². The molecule has 0 aliphatic carbocycles. The van der Waals surface area contributed by atoms with E-state index in [1.54, 1.807) is 6.20 Å². The highest BCUT2D eigenvalue weighted by molar-refractivity contribution is 5.74. The number of hydrogen-bond donors (Lipinski definition) is 1. The van der Waals surface area contributed by atoms with Gasteiger partial charge in [-0.3, -0.25) is 4.98 Å². The monoisotopic (exact) mass is 325 g/mol. The van der Waals surface area contributed by atoms with Crippen LogP contribution >= 0.6 is 0 Å².